The zero-order chi connectivity index (χ0) is 8.43. The van der Waals surface area contributed by atoms with E-state index >= 15 is 0 Å². The Labute approximate surface area is 71.4 Å². The summed E-state index contributed by atoms with van der Waals surface area (Å²) in [6.45, 7) is 9.50. The fraction of sp³-hybridized carbons (Fsp3) is 1.00. The average Bonchev–Trinajstić information content (AvgIpc) is 2.10. The van der Waals surface area contributed by atoms with E-state index in [4.69, 9.17) is 0 Å². The minimum Gasteiger partial charge on any atom is -0.0628 e. The van der Waals surface area contributed by atoms with Gasteiger partial charge in [0, 0.05) is 0 Å². The van der Waals surface area contributed by atoms with Gasteiger partial charge in [-0.2, -0.15) is 0 Å². The maximum absolute atomic E-state index is 2.41. The molecule has 11 heavy (non-hydrogen) atoms. The van der Waals surface area contributed by atoms with E-state index in [2.05, 4.69) is 27.7 Å². The van der Waals surface area contributed by atoms with Crippen molar-refractivity contribution in [2.45, 2.75) is 47.0 Å². The molecule has 0 radical (unpaired) electrons. The summed E-state index contributed by atoms with van der Waals surface area (Å²) in [4.78, 5) is 0. The second-order valence-corrected chi connectivity index (χ2v) is 4.92. The first-order chi connectivity index (χ1) is 5.09. The van der Waals surface area contributed by atoms with Crippen molar-refractivity contribution in [1.82, 2.24) is 0 Å². The van der Waals surface area contributed by atoms with Crippen LogP contribution in [0.5, 0.6) is 0 Å². The van der Waals surface area contributed by atoms with Gasteiger partial charge in [-0.25, -0.2) is 0 Å². The maximum atomic E-state index is 2.41. The Morgan fingerprint density at radius 1 is 1.09 bits per heavy atom. The van der Waals surface area contributed by atoms with Crippen molar-refractivity contribution < 1.29 is 0 Å². The summed E-state index contributed by atoms with van der Waals surface area (Å²) in [5.41, 5.74) is 0. The van der Waals surface area contributed by atoms with Gasteiger partial charge in [-0.15, -0.1) is 0 Å². The first-order valence-corrected chi connectivity index (χ1v) is 5.09. The highest BCUT2D eigenvalue weighted by Crippen LogP contribution is 2.38. The predicted octanol–water partition coefficient (Wildman–Crippen LogP) is 3.71. The molecule has 1 aliphatic rings. The molecule has 0 heterocycles. The van der Waals surface area contributed by atoms with Crippen LogP contribution in [0.15, 0.2) is 0 Å². The molecule has 0 saturated heterocycles. The molecule has 0 aromatic heterocycles. The van der Waals surface area contributed by atoms with E-state index in [0.29, 0.717) is 0 Å². The maximum Gasteiger partial charge on any atom is -0.0407 e. The summed E-state index contributed by atoms with van der Waals surface area (Å²) in [5.74, 6) is 3.91. The molecule has 0 N–H and O–H groups in total. The molecule has 0 bridgehead atoms. The smallest absolute Gasteiger partial charge is 0.0407 e. The quantitative estimate of drug-likeness (QED) is 0.568. The Bertz CT molecular complexity index is 102. The van der Waals surface area contributed by atoms with E-state index in [1.807, 2.05) is 0 Å². The molecule has 0 nitrogen and oxygen atoms in total. The molecule has 2 unspecified atom stereocenters. The largest absolute Gasteiger partial charge is 0.0628 e. The van der Waals surface area contributed by atoms with Gasteiger partial charge in [0.05, 0.1) is 0 Å². The van der Waals surface area contributed by atoms with E-state index in [0.717, 1.165) is 23.7 Å². The van der Waals surface area contributed by atoms with Gasteiger partial charge >= 0.3 is 0 Å². The van der Waals surface area contributed by atoms with E-state index < -0.39 is 0 Å². The summed E-state index contributed by atoms with van der Waals surface area (Å²) in [6.07, 6.45) is 4.42. The van der Waals surface area contributed by atoms with Crippen LogP contribution >= 0.6 is 0 Å². The Balaban J connectivity index is 2.29. The second kappa shape index (κ2) is 3.60. The SMILES string of the molecule is CC(C)CC1CC(C)C(C)C1. The van der Waals surface area contributed by atoms with Gasteiger partial charge in [0.1, 0.15) is 0 Å². The van der Waals surface area contributed by atoms with Crippen molar-refractivity contribution in [3.63, 3.8) is 0 Å². The van der Waals surface area contributed by atoms with E-state index in [1.165, 1.54) is 19.3 Å². The van der Waals surface area contributed by atoms with Crippen LogP contribution in [0.1, 0.15) is 47.0 Å². The zero-order valence-corrected chi connectivity index (χ0v) is 8.43. The van der Waals surface area contributed by atoms with Crippen LogP contribution < -0.4 is 0 Å². The lowest BCUT2D eigenvalue weighted by atomic mass is 9.95. The topological polar surface area (TPSA) is 0 Å². The van der Waals surface area contributed by atoms with E-state index in [-0.39, 0.29) is 0 Å². The van der Waals surface area contributed by atoms with Crippen molar-refractivity contribution in [3.8, 4) is 0 Å². The third kappa shape index (κ3) is 2.50. The predicted molar refractivity (Wildman–Crippen MR) is 50.5 cm³/mol. The zero-order valence-electron chi connectivity index (χ0n) is 8.43. The van der Waals surface area contributed by atoms with Crippen LogP contribution in [-0.2, 0) is 0 Å². The third-order valence-electron chi connectivity index (χ3n) is 3.19. The number of hydrogen-bond acceptors (Lipinski definition) is 0. The van der Waals surface area contributed by atoms with Gasteiger partial charge in [-0.1, -0.05) is 27.7 Å². The fourth-order valence-electron chi connectivity index (χ4n) is 2.47. The highest BCUT2D eigenvalue weighted by atomic mass is 14.3. The Morgan fingerprint density at radius 2 is 1.55 bits per heavy atom. The van der Waals surface area contributed by atoms with E-state index in [1.54, 1.807) is 0 Å². The molecule has 66 valence electrons. The van der Waals surface area contributed by atoms with Crippen LogP contribution in [0, 0.1) is 23.7 Å². The number of rotatable bonds is 2. The van der Waals surface area contributed by atoms with Crippen molar-refractivity contribution in [1.29, 1.82) is 0 Å². The second-order valence-electron chi connectivity index (χ2n) is 4.92. The highest BCUT2D eigenvalue weighted by molar-refractivity contribution is 4.78. The van der Waals surface area contributed by atoms with Crippen molar-refractivity contribution in [2.75, 3.05) is 0 Å². The molecule has 0 heteroatoms. The molecule has 0 amide bonds. The third-order valence-corrected chi connectivity index (χ3v) is 3.19. The van der Waals surface area contributed by atoms with Gasteiger partial charge in [0.2, 0.25) is 0 Å². The summed E-state index contributed by atoms with van der Waals surface area (Å²) in [7, 11) is 0. The van der Waals surface area contributed by atoms with Crippen LogP contribution in [0.3, 0.4) is 0 Å². The Morgan fingerprint density at radius 3 is 1.91 bits per heavy atom. The van der Waals surface area contributed by atoms with Gasteiger partial charge < -0.3 is 0 Å². The molecule has 0 aliphatic heterocycles. The van der Waals surface area contributed by atoms with E-state index in [9.17, 15) is 0 Å². The first-order valence-electron chi connectivity index (χ1n) is 5.09. The molecule has 1 saturated carbocycles. The van der Waals surface area contributed by atoms with Crippen LogP contribution in [0.2, 0.25) is 0 Å². The van der Waals surface area contributed by atoms with Crippen LogP contribution in [0.4, 0.5) is 0 Å². The summed E-state index contributed by atoms with van der Waals surface area (Å²) >= 11 is 0. The normalized spacial score (nSPS) is 38.5. The average molecular weight is 154 g/mol. The monoisotopic (exact) mass is 154 g/mol. The highest BCUT2D eigenvalue weighted by Gasteiger charge is 2.27. The molecular weight excluding hydrogens is 132 g/mol. The minimum atomic E-state index is 0.900. The number of hydrogen-bond donors (Lipinski definition) is 0. The van der Waals surface area contributed by atoms with Crippen LogP contribution in [-0.4, -0.2) is 0 Å². The molecule has 1 aliphatic carbocycles. The van der Waals surface area contributed by atoms with Crippen molar-refractivity contribution in [3.05, 3.63) is 0 Å². The molecule has 2 atom stereocenters. The molecule has 0 aromatic carbocycles. The lowest BCUT2D eigenvalue weighted by Crippen LogP contribution is -1.99. The molecule has 1 rings (SSSR count). The van der Waals surface area contributed by atoms with Crippen LogP contribution in [0.25, 0.3) is 0 Å². The minimum absolute atomic E-state index is 0.900. The Hall–Kier alpha value is 0. The van der Waals surface area contributed by atoms with Gasteiger partial charge in [0.15, 0.2) is 0 Å². The lowest BCUT2D eigenvalue weighted by molar-refractivity contribution is 0.406. The summed E-state index contributed by atoms with van der Waals surface area (Å²) in [5, 5.41) is 0. The molecule has 0 spiro atoms. The molecule has 0 aromatic rings. The van der Waals surface area contributed by atoms with Gasteiger partial charge in [0.25, 0.3) is 0 Å². The van der Waals surface area contributed by atoms with Crippen molar-refractivity contribution >= 4 is 0 Å². The lowest BCUT2D eigenvalue weighted by Gasteiger charge is -2.11. The standard InChI is InChI=1S/C11H22/c1-8(2)5-11-6-9(3)10(4)7-11/h8-11H,5-7H2,1-4H3. The Kier molecular flexibility index (Phi) is 2.98. The summed E-state index contributed by atoms with van der Waals surface area (Å²) in [6, 6.07) is 0. The van der Waals surface area contributed by atoms with Gasteiger partial charge in [-0.05, 0) is 42.9 Å². The van der Waals surface area contributed by atoms with Crippen molar-refractivity contribution in [2.24, 2.45) is 23.7 Å². The first kappa shape index (κ1) is 9.09. The van der Waals surface area contributed by atoms with Gasteiger partial charge in [-0.3, -0.25) is 0 Å². The fourth-order valence-corrected chi connectivity index (χ4v) is 2.47. The summed E-state index contributed by atoms with van der Waals surface area (Å²) < 4.78 is 0. The molecular formula is C11H22. The molecule has 1 fully saturated rings.